The van der Waals surface area contributed by atoms with Gasteiger partial charge in [-0.3, -0.25) is 4.79 Å². The molecule has 3 unspecified atom stereocenters. The molecule has 278 valence electrons. The number of unbranched alkanes of at least 4 members (excludes halogenated alkanes) is 26. The fraction of sp³-hybridized carbons (Fsp3) is 0.881. The molecular formula is C42H81NO4. The van der Waals surface area contributed by atoms with Crippen LogP contribution in [0, 0.1) is 0 Å². The molecule has 0 aromatic heterocycles. The van der Waals surface area contributed by atoms with Crippen LogP contribution in [0.5, 0.6) is 0 Å². The molecule has 0 aliphatic rings. The van der Waals surface area contributed by atoms with Crippen LogP contribution >= 0.6 is 0 Å². The highest BCUT2D eigenvalue weighted by Crippen LogP contribution is 2.16. The molecule has 5 heteroatoms. The number of hydrogen-bond acceptors (Lipinski definition) is 4. The number of carbonyl (C=O) groups excluding carboxylic acids is 1. The van der Waals surface area contributed by atoms with Crippen LogP contribution in [0.3, 0.4) is 0 Å². The number of allylic oxidation sites excluding steroid dienone is 3. The highest BCUT2D eigenvalue weighted by Gasteiger charge is 2.20. The minimum Gasteiger partial charge on any atom is -0.394 e. The van der Waals surface area contributed by atoms with Crippen molar-refractivity contribution < 1.29 is 20.1 Å². The van der Waals surface area contributed by atoms with Crippen LogP contribution in [0.1, 0.15) is 213 Å². The van der Waals surface area contributed by atoms with Gasteiger partial charge in [0, 0.05) is 0 Å². The normalized spacial score (nSPS) is 13.9. The Morgan fingerprint density at radius 2 is 0.915 bits per heavy atom. The van der Waals surface area contributed by atoms with Crippen LogP contribution in [0.25, 0.3) is 0 Å². The van der Waals surface area contributed by atoms with Gasteiger partial charge in [0.2, 0.25) is 5.91 Å². The largest absolute Gasteiger partial charge is 0.394 e. The molecular weight excluding hydrogens is 582 g/mol. The van der Waals surface area contributed by atoms with Crippen molar-refractivity contribution in [1.29, 1.82) is 0 Å². The first-order valence-electron chi connectivity index (χ1n) is 20.6. The summed E-state index contributed by atoms with van der Waals surface area (Å²) >= 11 is 0. The molecule has 0 bridgehead atoms. The molecule has 0 aromatic carbocycles. The van der Waals surface area contributed by atoms with Gasteiger partial charge in [0.25, 0.3) is 0 Å². The van der Waals surface area contributed by atoms with E-state index in [2.05, 4.69) is 31.3 Å². The number of amides is 1. The van der Waals surface area contributed by atoms with Crippen LogP contribution in [0.4, 0.5) is 0 Å². The van der Waals surface area contributed by atoms with E-state index in [1.807, 2.05) is 6.08 Å². The van der Waals surface area contributed by atoms with Gasteiger partial charge in [0.05, 0.1) is 31.3 Å². The quantitative estimate of drug-likeness (QED) is 0.0393. The second-order valence-corrected chi connectivity index (χ2v) is 14.2. The molecule has 4 N–H and O–H groups in total. The molecule has 3 atom stereocenters. The van der Waals surface area contributed by atoms with Gasteiger partial charge in [0.15, 0.2) is 0 Å². The highest BCUT2D eigenvalue weighted by atomic mass is 16.3. The van der Waals surface area contributed by atoms with Crippen LogP contribution in [0.15, 0.2) is 24.3 Å². The van der Waals surface area contributed by atoms with Crippen molar-refractivity contribution in [2.75, 3.05) is 6.61 Å². The van der Waals surface area contributed by atoms with E-state index in [9.17, 15) is 20.1 Å². The van der Waals surface area contributed by atoms with Gasteiger partial charge in [-0.2, -0.15) is 0 Å². The fourth-order valence-electron chi connectivity index (χ4n) is 6.30. The fourth-order valence-corrected chi connectivity index (χ4v) is 6.30. The molecule has 1 amide bonds. The maximum absolute atomic E-state index is 12.4. The summed E-state index contributed by atoms with van der Waals surface area (Å²) in [5, 5.41) is 33.1. The van der Waals surface area contributed by atoms with Gasteiger partial charge in [-0.15, -0.1) is 0 Å². The number of hydrogen-bond donors (Lipinski definition) is 4. The molecule has 0 radical (unpaired) electrons. The van der Waals surface area contributed by atoms with Gasteiger partial charge in [-0.05, 0) is 32.1 Å². The van der Waals surface area contributed by atoms with Crippen molar-refractivity contribution in [3.05, 3.63) is 24.3 Å². The Balaban J connectivity index is 3.68. The molecule has 47 heavy (non-hydrogen) atoms. The lowest BCUT2D eigenvalue weighted by Gasteiger charge is -2.21. The lowest BCUT2D eigenvalue weighted by Crippen LogP contribution is -2.45. The van der Waals surface area contributed by atoms with Crippen molar-refractivity contribution in [3.8, 4) is 0 Å². The molecule has 0 saturated heterocycles. The average molecular weight is 664 g/mol. The van der Waals surface area contributed by atoms with Gasteiger partial charge in [0.1, 0.15) is 0 Å². The average Bonchev–Trinajstić information content (AvgIpc) is 3.06. The first kappa shape index (κ1) is 45.8. The van der Waals surface area contributed by atoms with E-state index in [0.717, 1.165) is 32.1 Å². The Kier molecular flexibility index (Phi) is 36.7. The van der Waals surface area contributed by atoms with Crippen LogP contribution in [0.2, 0.25) is 0 Å². The van der Waals surface area contributed by atoms with Crippen molar-refractivity contribution in [1.82, 2.24) is 5.32 Å². The van der Waals surface area contributed by atoms with E-state index in [1.54, 1.807) is 6.08 Å². The lowest BCUT2D eigenvalue weighted by molar-refractivity contribution is -0.124. The van der Waals surface area contributed by atoms with E-state index in [4.69, 9.17) is 0 Å². The SMILES string of the molecule is CCCCCCCCC/C=C/CC/C=C/C(O)C(CO)NC(=O)CC(O)CCCCCCCCCCCCCCCCCCCCC. The van der Waals surface area contributed by atoms with Crippen LogP contribution in [-0.2, 0) is 4.79 Å². The first-order valence-corrected chi connectivity index (χ1v) is 20.6. The molecule has 0 rings (SSSR count). The van der Waals surface area contributed by atoms with Gasteiger partial charge >= 0.3 is 0 Å². The van der Waals surface area contributed by atoms with Gasteiger partial charge < -0.3 is 20.6 Å². The van der Waals surface area contributed by atoms with E-state index in [0.29, 0.717) is 6.42 Å². The highest BCUT2D eigenvalue weighted by molar-refractivity contribution is 5.76. The predicted octanol–water partition coefficient (Wildman–Crippen LogP) is 11.4. The molecule has 0 spiro atoms. The topological polar surface area (TPSA) is 89.8 Å². The third-order valence-corrected chi connectivity index (χ3v) is 9.49. The summed E-state index contributed by atoms with van der Waals surface area (Å²) in [6.07, 6.45) is 44.6. The van der Waals surface area contributed by atoms with E-state index >= 15 is 0 Å². The Bertz CT molecular complexity index is 694. The van der Waals surface area contributed by atoms with Gasteiger partial charge in [-0.25, -0.2) is 0 Å². The Morgan fingerprint density at radius 3 is 1.36 bits per heavy atom. The summed E-state index contributed by atoms with van der Waals surface area (Å²) in [6.45, 7) is 4.19. The lowest BCUT2D eigenvalue weighted by atomic mass is 10.0. The van der Waals surface area contributed by atoms with Crippen molar-refractivity contribution >= 4 is 5.91 Å². The number of carbonyl (C=O) groups is 1. The smallest absolute Gasteiger partial charge is 0.222 e. The summed E-state index contributed by atoms with van der Waals surface area (Å²) in [6, 6.07) is -0.756. The second kappa shape index (κ2) is 37.6. The zero-order chi connectivity index (χ0) is 34.5. The summed E-state index contributed by atoms with van der Waals surface area (Å²) in [5.74, 6) is -0.324. The molecule has 0 heterocycles. The maximum Gasteiger partial charge on any atom is 0.222 e. The minimum atomic E-state index is -0.947. The number of rotatable bonds is 37. The van der Waals surface area contributed by atoms with Gasteiger partial charge in [-0.1, -0.05) is 199 Å². The zero-order valence-corrected chi connectivity index (χ0v) is 31.4. The third kappa shape index (κ3) is 34.5. The standard InChI is InChI=1S/C42H81NO4/c1-3-5-7-9-11-13-15-17-18-19-20-21-22-24-25-27-29-31-33-35-39(45)37-42(47)43-40(38-44)41(46)36-34-32-30-28-26-23-16-14-12-10-8-6-4-2/h26,28,34,36,39-41,44-46H,3-25,27,29-33,35,37-38H2,1-2H3,(H,43,47)/b28-26+,36-34+. The molecule has 0 fully saturated rings. The Morgan fingerprint density at radius 1 is 0.532 bits per heavy atom. The van der Waals surface area contributed by atoms with Crippen molar-refractivity contribution in [2.24, 2.45) is 0 Å². The van der Waals surface area contributed by atoms with Crippen LogP contribution < -0.4 is 5.32 Å². The molecule has 0 aliphatic carbocycles. The predicted molar refractivity (Wildman–Crippen MR) is 204 cm³/mol. The second-order valence-electron chi connectivity index (χ2n) is 14.2. The summed E-state index contributed by atoms with van der Waals surface area (Å²) in [7, 11) is 0. The van der Waals surface area contributed by atoms with Crippen molar-refractivity contribution in [3.63, 3.8) is 0 Å². The van der Waals surface area contributed by atoms with Crippen LogP contribution in [-0.4, -0.2) is 46.1 Å². The third-order valence-electron chi connectivity index (χ3n) is 9.49. The van der Waals surface area contributed by atoms with E-state index in [1.165, 1.54) is 154 Å². The minimum absolute atomic E-state index is 0.00944. The maximum atomic E-state index is 12.4. The van der Waals surface area contributed by atoms with E-state index in [-0.39, 0.29) is 18.9 Å². The number of nitrogens with one attached hydrogen (secondary N) is 1. The summed E-state index contributed by atoms with van der Waals surface area (Å²) in [4.78, 5) is 12.4. The monoisotopic (exact) mass is 664 g/mol. The molecule has 0 saturated carbocycles. The Hall–Kier alpha value is -1.17. The number of aliphatic hydroxyl groups is 3. The van der Waals surface area contributed by atoms with Crippen molar-refractivity contribution in [2.45, 2.75) is 231 Å². The molecule has 0 aromatic rings. The summed E-state index contributed by atoms with van der Waals surface area (Å²) < 4.78 is 0. The molecule has 0 aliphatic heterocycles. The number of aliphatic hydroxyl groups excluding tert-OH is 3. The first-order chi connectivity index (χ1) is 23.0. The zero-order valence-electron chi connectivity index (χ0n) is 31.4. The van der Waals surface area contributed by atoms with E-state index < -0.39 is 18.2 Å². The Labute approximate surface area is 292 Å². The summed E-state index contributed by atoms with van der Waals surface area (Å²) in [5.41, 5.74) is 0. The molecule has 5 nitrogen and oxygen atoms in total.